The number of aryl methyl sites for hydroxylation is 1. The summed E-state index contributed by atoms with van der Waals surface area (Å²) in [5.41, 5.74) is 0. The van der Waals surface area contributed by atoms with E-state index in [9.17, 15) is 5.11 Å². The highest BCUT2D eigenvalue weighted by Crippen LogP contribution is 2.60. The van der Waals surface area contributed by atoms with E-state index in [1.165, 1.54) is 35.4 Å². The molecule has 3 rings (SSSR count). The molecule has 0 amide bonds. The molecule has 2 heteroatoms. The summed E-state index contributed by atoms with van der Waals surface area (Å²) in [6.45, 7) is 2.18. The lowest BCUT2D eigenvalue weighted by atomic mass is 10.0. The van der Waals surface area contributed by atoms with Gasteiger partial charge in [-0.2, -0.15) is 0 Å². The van der Waals surface area contributed by atoms with Crippen LogP contribution in [0.15, 0.2) is 12.1 Å². The molecule has 0 radical (unpaired) electrons. The molecule has 2 aliphatic carbocycles. The molecule has 0 spiro atoms. The Kier molecular flexibility index (Phi) is 2.80. The van der Waals surface area contributed by atoms with Crippen molar-refractivity contribution in [1.82, 2.24) is 0 Å². The zero-order valence-electron chi connectivity index (χ0n) is 9.86. The molecule has 1 N–H and O–H groups in total. The van der Waals surface area contributed by atoms with E-state index in [0.29, 0.717) is 5.92 Å². The monoisotopic (exact) mass is 236 g/mol. The number of aliphatic hydroxyl groups is 1. The molecule has 3 atom stereocenters. The van der Waals surface area contributed by atoms with Crippen molar-refractivity contribution in [3.8, 4) is 0 Å². The van der Waals surface area contributed by atoms with Gasteiger partial charge in [-0.3, -0.25) is 0 Å². The Hall–Kier alpha value is -0.340. The Morgan fingerprint density at radius 2 is 2.00 bits per heavy atom. The highest BCUT2D eigenvalue weighted by atomic mass is 32.1. The van der Waals surface area contributed by atoms with Crippen molar-refractivity contribution in [3.05, 3.63) is 21.9 Å². The Bertz CT molecular complexity index is 359. The predicted octanol–water partition coefficient (Wildman–Crippen LogP) is 3.78. The SMILES string of the molecule is CCc1ccc(C(O)C2C3CCCCC32)s1. The average Bonchev–Trinajstić information content (AvgIpc) is 2.84. The maximum Gasteiger partial charge on any atom is 0.0915 e. The average molecular weight is 236 g/mol. The molecule has 0 aliphatic heterocycles. The Balaban J connectivity index is 1.71. The van der Waals surface area contributed by atoms with E-state index in [2.05, 4.69) is 19.1 Å². The van der Waals surface area contributed by atoms with Crippen molar-refractivity contribution in [1.29, 1.82) is 0 Å². The van der Waals surface area contributed by atoms with E-state index >= 15 is 0 Å². The summed E-state index contributed by atoms with van der Waals surface area (Å²) in [7, 11) is 0. The number of fused-ring (bicyclic) bond motifs is 1. The largest absolute Gasteiger partial charge is 0.387 e. The molecule has 88 valence electrons. The normalized spacial score (nSPS) is 34.5. The first kappa shape index (κ1) is 10.8. The van der Waals surface area contributed by atoms with Gasteiger partial charge in [-0.1, -0.05) is 19.8 Å². The van der Waals surface area contributed by atoms with Crippen LogP contribution in [0, 0.1) is 17.8 Å². The standard InChI is InChI=1S/C14H20OS/c1-2-9-7-8-12(16-9)14(15)13-10-5-3-4-6-11(10)13/h7-8,10-11,13-15H,2-6H2,1H3. The highest BCUT2D eigenvalue weighted by molar-refractivity contribution is 7.12. The van der Waals surface area contributed by atoms with E-state index in [-0.39, 0.29) is 6.10 Å². The van der Waals surface area contributed by atoms with Crippen LogP contribution >= 0.6 is 11.3 Å². The second-order valence-electron chi connectivity index (χ2n) is 5.29. The second-order valence-corrected chi connectivity index (χ2v) is 6.49. The minimum Gasteiger partial charge on any atom is -0.387 e. The van der Waals surface area contributed by atoms with Crippen molar-refractivity contribution in [2.45, 2.75) is 45.1 Å². The molecule has 1 nitrogen and oxygen atoms in total. The van der Waals surface area contributed by atoms with Gasteiger partial charge in [-0.05, 0) is 49.1 Å². The number of thiophene rings is 1. The number of hydrogen-bond donors (Lipinski definition) is 1. The van der Waals surface area contributed by atoms with Gasteiger partial charge in [-0.25, -0.2) is 0 Å². The van der Waals surface area contributed by atoms with Crippen LogP contribution in [0.2, 0.25) is 0 Å². The van der Waals surface area contributed by atoms with E-state index in [1.54, 1.807) is 11.3 Å². The fourth-order valence-corrected chi connectivity index (χ4v) is 4.45. The van der Waals surface area contributed by atoms with E-state index in [1.807, 2.05) is 0 Å². The van der Waals surface area contributed by atoms with Crippen molar-refractivity contribution in [2.24, 2.45) is 17.8 Å². The van der Waals surface area contributed by atoms with Gasteiger partial charge >= 0.3 is 0 Å². The first-order chi connectivity index (χ1) is 7.81. The third-order valence-corrected chi connectivity index (χ3v) is 5.71. The van der Waals surface area contributed by atoms with Crippen LogP contribution in [-0.4, -0.2) is 5.11 Å². The van der Waals surface area contributed by atoms with Crippen molar-refractivity contribution in [3.63, 3.8) is 0 Å². The van der Waals surface area contributed by atoms with Crippen LogP contribution in [0.3, 0.4) is 0 Å². The summed E-state index contributed by atoms with van der Waals surface area (Å²) in [5.74, 6) is 2.28. The first-order valence-corrected chi connectivity index (χ1v) is 7.39. The minimum atomic E-state index is -0.168. The Morgan fingerprint density at radius 1 is 1.31 bits per heavy atom. The van der Waals surface area contributed by atoms with Crippen molar-refractivity contribution < 1.29 is 5.11 Å². The van der Waals surface area contributed by atoms with Gasteiger partial charge < -0.3 is 5.11 Å². The molecule has 16 heavy (non-hydrogen) atoms. The molecule has 2 aliphatic rings. The fourth-order valence-electron chi connectivity index (χ4n) is 3.45. The zero-order valence-corrected chi connectivity index (χ0v) is 10.7. The summed E-state index contributed by atoms with van der Waals surface area (Å²) >= 11 is 1.80. The summed E-state index contributed by atoms with van der Waals surface area (Å²) in [4.78, 5) is 2.61. The molecule has 0 saturated heterocycles. The summed E-state index contributed by atoms with van der Waals surface area (Å²) in [5, 5.41) is 10.4. The molecule has 2 saturated carbocycles. The van der Waals surface area contributed by atoms with Gasteiger partial charge in [0.25, 0.3) is 0 Å². The summed E-state index contributed by atoms with van der Waals surface area (Å²) < 4.78 is 0. The van der Waals surface area contributed by atoms with E-state index in [4.69, 9.17) is 0 Å². The molecule has 1 aromatic rings. The van der Waals surface area contributed by atoms with Gasteiger partial charge in [0.2, 0.25) is 0 Å². The fraction of sp³-hybridized carbons (Fsp3) is 0.714. The van der Waals surface area contributed by atoms with Crippen LogP contribution in [0.4, 0.5) is 0 Å². The lowest BCUT2D eigenvalue weighted by Crippen LogP contribution is -1.99. The smallest absolute Gasteiger partial charge is 0.0915 e. The maximum absolute atomic E-state index is 10.4. The quantitative estimate of drug-likeness (QED) is 0.846. The number of aliphatic hydroxyl groups excluding tert-OH is 1. The molecule has 0 bridgehead atoms. The van der Waals surface area contributed by atoms with Crippen LogP contribution < -0.4 is 0 Å². The molecule has 1 heterocycles. The van der Waals surface area contributed by atoms with Crippen LogP contribution in [0.1, 0.15) is 48.5 Å². The molecular formula is C14H20OS. The maximum atomic E-state index is 10.4. The lowest BCUT2D eigenvalue weighted by Gasteiger charge is -2.07. The second kappa shape index (κ2) is 4.15. The summed E-state index contributed by atoms with van der Waals surface area (Å²) in [6, 6.07) is 4.31. The highest BCUT2D eigenvalue weighted by Gasteiger charge is 2.54. The third kappa shape index (κ3) is 1.72. The summed E-state index contributed by atoms with van der Waals surface area (Å²) in [6.07, 6.45) is 6.41. The number of rotatable bonds is 3. The molecule has 1 aromatic heterocycles. The van der Waals surface area contributed by atoms with Gasteiger partial charge in [0, 0.05) is 9.75 Å². The topological polar surface area (TPSA) is 20.2 Å². The van der Waals surface area contributed by atoms with Crippen LogP contribution in [0.25, 0.3) is 0 Å². The lowest BCUT2D eigenvalue weighted by molar-refractivity contribution is 0.146. The first-order valence-electron chi connectivity index (χ1n) is 6.58. The molecule has 3 unspecified atom stereocenters. The zero-order chi connectivity index (χ0) is 11.1. The predicted molar refractivity (Wildman–Crippen MR) is 67.6 cm³/mol. The van der Waals surface area contributed by atoms with Gasteiger partial charge in [0.15, 0.2) is 0 Å². The van der Waals surface area contributed by atoms with Crippen molar-refractivity contribution >= 4 is 11.3 Å². The Labute approximate surface area is 102 Å². The minimum absolute atomic E-state index is 0.168. The van der Waals surface area contributed by atoms with Gasteiger partial charge in [0.05, 0.1) is 6.10 Å². The third-order valence-electron chi connectivity index (χ3n) is 4.41. The molecule has 0 aromatic carbocycles. The van der Waals surface area contributed by atoms with Crippen molar-refractivity contribution in [2.75, 3.05) is 0 Å². The Morgan fingerprint density at radius 3 is 2.56 bits per heavy atom. The molecular weight excluding hydrogens is 216 g/mol. The van der Waals surface area contributed by atoms with E-state index < -0.39 is 0 Å². The van der Waals surface area contributed by atoms with Gasteiger partial charge in [-0.15, -0.1) is 11.3 Å². The van der Waals surface area contributed by atoms with Crippen LogP contribution in [-0.2, 0) is 6.42 Å². The van der Waals surface area contributed by atoms with Gasteiger partial charge in [0.1, 0.15) is 0 Å². The number of hydrogen-bond acceptors (Lipinski definition) is 2. The van der Waals surface area contributed by atoms with Crippen LogP contribution in [0.5, 0.6) is 0 Å². The van der Waals surface area contributed by atoms with E-state index in [0.717, 1.165) is 18.3 Å². The molecule has 2 fully saturated rings.